The number of carbonyl (C=O) groups is 3. The number of nitrogens with one attached hydrogen (secondary N) is 2. The minimum atomic E-state index is -4.87. The second-order valence-electron chi connectivity index (χ2n) is 8.88. The smallest absolute Gasteiger partial charge is 0.409 e. The van der Waals surface area contributed by atoms with Crippen molar-refractivity contribution in [3.05, 3.63) is 59.7 Å². The Bertz CT molecular complexity index is 1070. The molecule has 2 aliphatic rings. The summed E-state index contributed by atoms with van der Waals surface area (Å²) in [6.07, 6.45) is -6.28. The van der Waals surface area contributed by atoms with Gasteiger partial charge in [0.15, 0.2) is 0 Å². The summed E-state index contributed by atoms with van der Waals surface area (Å²) in [6.45, 7) is -0.157. The Kier molecular flexibility index (Phi) is 7.00. The number of alkyl carbamates (subject to hydrolysis) is 1. The molecular weight excluding hydrogens is 465 g/mol. The highest BCUT2D eigenvalue weighted by Crippen LogP contribution is 2.44. The minimum Gasteiger partial charge on any atom is -0.481 e. The van der Waals surface area contributed by atoms with E-state index in [1.54, 1.807) is 5.32 Å². The zero-order chi connectivity index (χ0) is 25.2. The largest absolute Gasteiger partial charge is 0.481 e. The summed E-state index contributed by atoms with van der Waals surface area (Å²) in [5.74, 6) is -2.85. The maximum absolute atomic E-state index is 13.5. The van der Waals surface area contributed by atoms with E-state index in [0.29, 0.717) is 12.8 Å². The fourth-order valence-corrected chi connectivity index (χ4v) is 4.84. The summed E-state index contributed by atoms with van der Waals surface area (Å²) in [7, 11) is 0. The molecule has 1 fully saturated rings. The average molecular weight is 490 g/mol. The average Bonchev–Trinajstić information content (AvgIpc) is 3.39. The van der Waals surface area contributed by atoms with E-state index < -0.39 is 48.6 Å². The monoisotopic (exact) mass is 490 g/mol. The molecule has 0 bridgehead atoms. The van der Waals surface area contributed by atoms with E-state index >= 15 is 0 Å². The molecule has 0 saturated heterocycles. The van der Waals surface area contributed by atoms with Crippen LogP contribution < -0.4 is 10.6 Å². The summed E-state index contributed by atoms with van der Waals surface area (Å²) < 4.78 is 45.8. The van der Waals surface area contributed by atoms with Gasteiger partial charge in [0, 0.05) is 12.0 Å². The van der Waals surface area contributed by atoms with Crippen LogP contribution in [0.25, 0.3) is 11.1 Å². The van der Waals surface area contributed by atoms with Crippen LogP contribution in [0.15, 0.2) is 48.5 Å². The summed E-state index contributed by atoms with van der Waals surface area (Å²) in [6, 6.07) is 12.2. The molecular formula is C25H25F3N2O5. The van der Waals surface area contributed by atoms with Gasteiger partial charge in [-0.3, -0.25) is 9.59 Å². The van der Waals surface area contributed by atoms with Crippen molar-refractivity contribution in [1.29, 1.82) is 0 Å². The van der Waals surface area contributed by atoms with Crippen LogP contribution in [0.1, 0.15) is 42.7 Å². The number of amides is 2. The SMILES string of the molecule is O=C(CC(NC(=O)OCC1c2ccccc2-c2ccccc21)C(F)(F)F)NC1CCC(C(=O)O)C1. The number of ether oxygens (including phenoxy) is 1. The molecule has 10 heteroatoms. The van der Waals surface area contributed by atoms with Gasteiger partial charge in [-0.1, -0.05) is 48.5 Å². The van der Waals surface area contributed by atoms with Crippen molar-refractivity contribution in [2.75, 3.05) is 6.61 Å². The maximum atomic E-state index is 13.5. The van der Waals surface area contributed by atoms with Crippen LogP contribution >= 0.6 is 0 Å². The Hall–Kier alpha value is -3.56. The van der Waals surface area contributed by atoms with E-state index in [2.05, 4.69) is 5.32 Å². The van der Waals surface area contributed by atoms with Gasteiger partial charge in [0.1, 0.15) is 12.6 Å². The second-order valence-corrected chi connectivity index (χ2v) is 8.88. The van der Waals surface area contributed by atoms with Crippen molar-refractivity contribution < 1.29 is 37.4 Å². The predicted molar refractivity (Wildman–Crippen MR) is 120 cm³/mol. The molecule has 2 aromatic rings. The minimum absolute atomic E-state index is 0.157. The van der Waals surface area contributed by atoms with Gasteiger partial charge in [-0.05, 0) is 41.5 Å². The maximum Gasteiger partial charge on any atom is 0.409 e. The van der Waals surface area contributed by atoms with Crippen molar-refractivity contribution in [3.63, 3.8) is 0 Å². The molecule has 4 rings (SSSR count). The van der Waals surface area contributed by atoms with Crippen molar-refractivity contribution >= 4 is 18.0 Å². The topological polar surface area (TPSA) is 105 Å². The third-order valence-electron chi connectivity index (χ3n) is 6.57. The number of hydrogen-bond donors (Lipinski definition) is 3. The first-order valence-electron chi connectivity index (χ1n) is 11.3. The Morgan fingerprint density at radius 1 is 1.00 bits per heavy atom. The second kappa shape index (κ2) is 9.97. The summed E-state index contributed by atoms with van der Waals surface area (Å²) in [5.41, 5.74) is 3.81. The molecule has 186 valence electrons. The van der Waals surface area contributed by atoms with E-state index in [9.17, 15) is 27.6 Å². The van der Waals surface area contributed by atoms with Gasteiger partial charge in [-0.25, -0.2) is 4.79 Å². The Balaban J connectivity index is 1.35. The molecule has 0 radical (unpaired) electrons. The number of carbonyl (C=O) groups excluding carboxylic acids is 2. The van der Waals surface area contributed by atoms with E-state index in [1.165, 1.54) is 0 Å². The summed E-state index contributed by atoms with van der Waals surface area (Å²) >= 11 is 0. The fraction of sp³-hybridized carbons (Fsp3) is 0.400. The van der Waals surface area contributed by atoms with Gasteiger partial charge in [-0.2, -0.15) is 13.2 Å². The number of carboxylic acid groups (broad SMARTS) is 1. The lowest BCUT2D eigenvalue weighted by Crippen LogP contribution is -2.49. The normalized spacial score (nSPS) is 20.0. The van der Waals surface area contributed by atoms with Gasteiger partial charge in [0.05, 0.1) is 12.3 Å². The molecule has 0 spiro atoms. The van der Waals surface area contributed by atoms with Crippen LogP contribution in [0, 0.1) is 5.92 Å². The number of hydrogen-bond acceptors (Lipinski definition) is 4. The first-order valence-corrected chi connectivity index (χ1v) is 11.3. The standard InChI is InChI=1S/C25H25F3N2O5/c26-25(27,28)21(12-22(31)29-15-10-9-14(11-15)23(32)33)30-24(34)35-13-20-18-7-3-1-5-16(18)17-6-2-4-8-19(17)20/h1-8,14-15,20-21H,9-13H2,(H,29,31)(H,30,34)(H,32,33). The van der Waals surface area contributed by atoms with E-state index in [-0.39, 0.29) is 18.9 Å². The molecule has 1 saturated carbocycles. The molecule has 7 nitrogen and oxygen atoms in total. The highest BCUT2D eigenvalue weighted by molar-refractivity contribution is 5.80. The van der Waals surface area contributed by atoms with Crippen LogP contribution in [-0.4, -0.2) is 47.9 Å². The molecule has 0 heterocycles. The fourth-order valence-electron chi connectivity index (χ4n) is 4.84. The first-order chi connectivity index (χ1) is 16.6. The lowest BCUT2D eigenvalue weighted by atomic mass is 9.98. The van der Waals surface area contributed by atoms with E-state index in [1.807, 2.05) is 48.5 Å². The molecule has 35 heavy (non-hydrogen) atoms. The van der Waals surface area contributed by atoms with Gasteiger partial charge in [0.25, 0.3) is 0 Å². The van der Waals surface area contributed by atoms with Crippen molar-refractivity contribution in [2.45, 2.75) is 49.9 Å². The van der Waals surface area contributed by atoms with Crippen molar-refractivity contribution in [3.8, 4) is 11.1 Å². The number of carboxylic acids is 1. The quantitative estimate of drug-likeness (QED) is 0.539. The Labute approximate surface area is 199 Å². The van der Waals surface area contributed by atoms with E-state index in [0.717, 1.165) is 22.3 Å². The highest BCUT2D eigenvalue weighted by atomic mass is 19.4. The number of rotatable bonds is 7. The number of halogens is 3. The van der Waals surface area contributed by atoms with Gasteiger partial charge in [0.2, 0.25) is 5.91 Å². The molecule has 0 aliphatic heterocycles. The zero-order valence-corrected chi connectivity index (χ0v) is 18.7. The number of aliphatic carboxylic acids is 1. The van der Waals surface area contributed by atoms with E-state index in [4.69, 9.17) is 9.84 Å². The van der Waals surface area contributed by atoms with Crippen LogP contribution in [0.2, 0.25) is 0 Å². The van der Waals surface area contributed by atoms with Gasteiger partial charge in [-0.15, -0.1) is 0 Å². The molecule has 2 aliphatic carbocycles. The van der Waals surface area contributed by atoms with Gasteiger partial charge >= 0.3 is 18.2 Å². The van der Waals surface area contributed by atoms with Gasteiger partial charge < -0.3 is 20.5 Å². The first kappa shape index (κ1) is 24.6. The predicted octanol–water partition coefficient (Wildman–Crippen LogP) is 4.22. The molecule has 2 aromatic carbocycles. The summed E-state index contributed by atoms with van der Waals surface area (Å²) in [5, 5.41) is 13.2. The zero-order valence-electron chi connectivity index (χ0n) is 18.7. The lowest BCUT2D eigenvalue weighted by molar-refractivity contribution is -0.160. The molecule has 3 N–H and O–H groups in total. The summed E-state index contributed by atoms with van der Waals surface area (Å²) in [4.78, 5) is 35.5. The number of benzene rings is 2. The lowest BCUT2D eigenvalue weighted by Gasteiger charge is -2.23. The highest BCUT2D eigenvalue weighted by Gasteiger charge is 2.43. The Morgan fingerprint density at radius 2 is 1.60 bits per heavy atom. The van der Waals surface area contributed by atoms with Crippen LogP contribution in [0.3, 0.4) is 0 Å². The van der Waals surface area contributed by atoms with Crippen molar-refractivity contribution in [2.24, 2.45) is 5.92 Å². The van der Waals surface area contributed by atoms with Crippen molar-refractivity contribution in [1.82, 2.24) is 10.6 Å². The Morgan fingerprint density at radius 3 is 2.14 bits per heavy atom. The van der Waals surface area contributed by atoms with Crippen LogP contribution in [-0.2, 0) is 14.3 Å². The van der Waals surface area contributed by atoms with Crippen LogP contribution in [0.4, 0.5) is 18.0 Å². The molecule has 3 unspecified atom stereocenters. The number of alkyl halides is 3. The molecule has 2 amide bonds. The molecule has 3 atom stereocenters. The third-order valence-corrected chi connectivity index (χ3v) is 6.57. The third kappa shape index (κ3) is 5.58. The number of fused-ring (bicyclic) bond motifs is 3. The molecule has 0 aromatic heterocycles. The van der Waals surface area contributed by atoms with Crippen LogP contribution in [0.5, 0.6) is 0 Å².